The van der Waals surface area contributed by atoms with Crippen molar-refractivity contribution in [3.63, 3.8) is 0 Å². The molecule has 6 nitrogen and oxygen atoms in total. The van der Waals surface area contributed by atoms with Gasteiger partial charge in [-0.25, -0.2) is 0 Å². The van der Waals surface area contributed by atoms with Gasteiger partial charge in [0, 0.05) is 16.1 Å². The van der Waals surface area contributed by atoms with Gasteiger partial charge in [0.05, 0.1) is 5.56 Å². The third-order valence-electron chi connectivity index (χ3n) is 3.63. The van der Waals surface area contributed by atoms with Gasteiger partial charge in [0.25, 0.3) is 0 Å². The molecule has 0 atom stereocenters. The molecule has 0 fully saturated rings. The summed E-state index contributed by atoms with van der Waals surface area (Å²) in [4.78, 5) is 39.0. The lowest BCUT2D eigenvalue weighted by atomic mass is 9.89. The molecule has 0 saturated heterocycles. The normalized spacial score (nSPS) is 12.9. The van der Waals surface area contributed by atoms with E-state index in [1.54, 1.807) is 24.3 Å². The van der Waals surface area contributed by atoms with E-state index < -0.39 is 17.1 Å². The molecule has 0 spiro atoms. The first-order chi connectivity index (χ1) is 11.1. The number of rotatable bonds is 1. The number of nitrogens with zero attached hydrogens (tertiary/aromatic N) is 1. The highest BCUT2D eigenvalue weighted by Crippen LogP contribution is 2.33. The Balaban J connectivity index is 1.96. The molecular weight excluding hydrogens is 364 g/mol. The van der Waals surface area contributed by atoms with Crippen LogP contribution in [0.15, 0.2) is 50.2 Å². The van der Waals surface area contributed by atoms with E-state index in [2.05, 4.69) is 26.1 Å². The van der Waals surface area contributed by atoms with Crippen LogP contribution in [0.3, 0.4) is 0 Å². The predicted molar refractivity (Wildman–Crippen MR) is 83.6 cm³/mol. The summed E-state index contributed by atoms with van der Waals surface area (Å²) < 4.78 is 5.99. The highest BCUT2D eigenvalue weighted by atomic mass is 79.9. The lowest BCUT2D eigenvalue weighted by Crippen LogP contribution is -2.24. The van der Waals surface area contributed by atoms with E-state index in [0.29, 0.717) is 5.56 Å². The van der Waals surface area contributed by atoms with E-state index in [1.807, 2.05) is 0 Å². The van der Waals surface area contributed by atoms with Gasteiger partial charge in [-0.2, -0.15) is 0 Å². The third kappa shape index (κ3) is 2.01. The number of ketones is 2. The van der Waals surface area contributed by atoms with Gasteiger partial charge in [-0.15, -0.1) is 0 Å². The van der Waals surface area contributed by atoms with Crippen LogP contribution in [-0.2, 0) is 0 Å². The molecule has 23 heavy (non-hydrogen) atoms. The van der Waals surface area contributed by atoms with Gasteiger partial charge < -0.3 is 9.51 Å². The Morgan fingerprint density at radius 1 is 0.957 bits per heavy atom. The molecule has 2 aromatic heterocycles. The summed E-state index contributed by atoms with van der Waals surface area (Å²) in [6.07, 6.45) is 0. The number of fused-ring (bicyclic) bond motifs is 2. The number of benzene rings is 1. The van der Waals surface area contributed by atoms with Crippen LogP contribution in [0.5, 0.6) is 0 Å². The van der Waals surface area contributed by atoms with E-state index in [4.69, 9.17) is 4.52 Å². The number of pyridine rings is 1. The summed E-state index contributed by atoms with van der Waals surface area (Å²) >= 11 is 3.33. The van der Waals surface area contributed by atoms with Gasteiger partial charge in [0.15, 0.2) is 0 Å². The standard InChI is InChI=1S/C16H7BrN2O4/c17-8-3-1-7(2-4-8)12-11-15(22)13-9(5-6-10(20)18-13)14(21)16(11)23-19-12/h1-6H,(H,18,20). The molecule has 0 saturated carbocycles. The Hall–Kier alpha value is -2.80. The second-order valence-electron chi connectivity index (χ2n) is 5.01. The Morgan fingerprint density at radius 3 is 2.43 bits per heavy atom. The molecule has 3 aromatic rings. The molecule has 1 N–H and O–H groups in total. The van der Waals surface area contributed by atoms with E-state index in [-0.39, 0.29) is 28.3 Å². The predicted octanol–water partition coefficient (Wildman–Crippen LogP) is 2.57. The van der Waals surface area contributed by atoms with Crippen molar-refractivity contribution in [2.24, 2.45) is 0 Å². The molecule has 0 aliphatic heterocycles. The van der Waals surface area contributed by atoms with Gasteiger partial charge in [-0.1, -0.05) is 33.2 Å². The first kappa shape index (κ1) is 13.8. The minimum absolute atomic E-state index is 0.0310. The molecule has 0 amide bonds. The lowest BCUT2D eigenvalue weighted by Gasteiger charge is -2.12. The van der Waals surface area contributed by atoms with Crippen LogP contribution in [0, 0.1) is 0 Å². The van der Waals surface area contributed by atoms with Gasteiger partial charge in [-0.3, -0.25) is 14.4 Å². The van der Waals surface area contributed by atoms with Crippen LogP contribution >= 0.6 is 15.9 Å². The molecule has 1 aliphatic rings. The van der Waals surface area contributed by atoms with Crippen molar-refractivity contribution in [2.75, 3.05) is 0 Å². The number of aromatic nitrogens is 2. The molecule has 7 heteroatoms. The lowest BCUT2D eigenvalue weighted by molar-refractivity contribution is 0.0951. The summed E-state index contributed by atoms with van der Waals surface area (Å²) in [7, 11) is 0. The fourth-order valence-electron chi connectivity index (χ4n) is 2.55. The summed E-state index contributed by atoms with van der Waals surface area (Å²) in [5.74, 6) is -1.05. The molecule has 2 heterocycles. The average Bonchev–Trinajstić information content (AvgIpc) is 2.98. The number of hydrogen-bond donors (Lipinski definition) is 1. The summed E-state index contributed by atoms with van der Waals surface area (Å²) in [6, 6.07) is 9.61. The Bertz CT molecular complexity index is 1030. The number of H-pyrrole nitrogens is 1. The van der Waals surface area contributed by atoms with Crippen LogP contribution in [0.25, 0.3) is 11.3 Å². The second kappa shape index (κ2) is 4.85. The van der Waals surface area contributed by atoms with E-state index in [1.165, 1.54) is 12.1 Å². The number of carbonyl (C=O) groups is 2. The van der Waals surface area contributed by atoms with Crippen molar-refractivity contribution < 1.29 is 14.1 Å². The van der Waals surface area contributed by atoms with Crippen LogP contribution in [-0.4, -0.2) is 21.7 Å². The maximum absolute atomic E-state index is 12.7. The molecule has 0 bridgehead atoms. The monoisotopic (exact) mass is 370 g/mol. The fraction of sp³-hybridized carbons (Fsp3) is 0. The first-order valence-corrected chi connectivity index (χ1v) is 7.44. The van der Waals surface area contributed by atoms with Crippen LogP contribution in [0.4, 0.5) is 0 Å². The third-order valence-corrected chi connectivity index (χ3v) is 4.16. The largest absolute Gasteiger partial charge is 0.351 e. The van der Waals surface area contributed by atoms with Crippen molar-refractivity contribution in [3.05, 3.63) is 73.8 Å². The number of nitrogens with one attached hydrogen (secondary N) is 1. The molecular formula is C16H7BrN2O4. The number of aromatic amines is 1. The Kier molecular flexibility index (Phi) is 2.92. The molecule has 1 aromatic carbocycles. The maximum atomic E-state index is 12.7. The van der Waals surface area contributed by atoms with Gasteiger partial charge in [-0.05, 0) is 18.2 Å². The van der Waals surface area contributed by atoms with Crippen molar-refractivity contribution in [1.82, 2.24) is 10.1 Å². The summed E-state index contributed by atoms with van der Waals surface area (Å²) in [5.41, 5.74) is 0.626. The van der Waals surface area contributed by atoms with Crippen molar-refractivity contribution in [1.29, 1.82) is 0 Å². The average molecular weight is 371 g/mol. The van der Waals surface area contributed by atoms with Crippen LogP contribution < -0.4 is 5.56 Å². The summed E-state index contributed by atoms with van der Waals surface area (Å²) in [6.45, 7) is 0. The zero-order valence-corrected chi connectivity index (χ0v) is 13.0. The highest BCUT2D eigenvalue weighted by molar-refractivity contribution is 9.10. The molecule has 0 unspecified atom stereocenters. The van der Waals surface area contributed by atoms with Crippen molar-refractivity contribution in [2.45, 2.75) is 0 Å². The minimum atomic E-state index is -0.480. The zero-order chi connectivity index (χ0) is 16.1. The number of carbonyl (C=O) groups excluding carboxylic acids is 2. The molecule has 1 aliphatic carbocycles. The summed E-state index contributed by atoms with van der Waals surface area (Å²) in [5, 5.41) is 3.88. The number of hydrogen-bond acceptors (Lipinski definition) is 5. The van der Waals surface area contributed by atoms with E-state index in [0.717, 1.165) is 4.47 Å². The minimum Gasteiger partial charge on any atom is -0.351 e. The molecule has 112 valence electrons. The second-order valence-corrected chi connectivity index (χ2v) is 5.93. The van der Waals surface area contributed by atoms with Crippen LogP contribution in [0.1, 0.15) is 32.2 Å². The Morgan fingerprint density at radius 2 is 1.70 bits per heavy atom. The highest BCUT2D eigenvalue weighted by Gasteiger charge is 2.37. The van der Waals surface area contributed by atoms with Crippen LogP contribution in [0.2, 0.25) is 0 Å². The first-order valence-electron chi connectivity index (χ1n) is 6.64. The van der Waals surface area contributed by atoms with E-state index in [9.17, 15) is 14.4 Å². The van der Waals surface area contributed by atoms with Gasteiger partial charge in [0.2, 0.25) is 22.9 Å². The molecule has 0 radical (unpaired) electrons. The fourth-order valence-corrected chi connectivity index (χ4v) is 2.82. The Labute approximate surface area is 137 Å². The molecule has 4 rings (SSSR count). The van der Waals surface area contributed by atoms with Gasteiger partial charge >= 0.3 is 0 Å². The van der Waals surface area contributed by atoms with Crippen molar-refractivity contribution >= 4 is 27.5 Å². The van der Waals surface area contributed by atoms with Crippen molar-refractivity contribution in [3.8, 4) is 11.3 Å². The topological polar surface area (TPSA) is 93.0 Å². The zero-order valence-electron chi connectivity index (χ0n) is 11.4. The SMILES string of the molecule is O=C1c2ccc(=O)[nH]c2C(=O)c2c(-c3ccc(Br)cc3)noc21. The van der Waals surface area contributed by atoms with Gasteiger partial charge in [0.1, 0.15) is 17.0 Å². The van der Waals surface area contributed by atoms with E-state index >= 15 is 0 Å². The smallest absolute Gasteiger partial charge is 0.248 e. The quantitative estimate of drug-likeness (QED) is 0.555. The maximum Gasteiger partial charge on any atom is 0.248 e. The number of halogens is 1.